The summed E-state index contributed by atoms with van der Waals surface area (Å²) >= 11 is 0. The average Bonchev–Trinajstić information content (AvgIpc) is 2.41. The Kier molecular flexibility index (Phi) is 6.30. The van der Waals surface area contributed by atoms with Gasteiger partial charge in [-0.1, -0.05) is 0 Å². The van der Waals surface area contributed by atoms with E-state index in [4.69, 9.17) is 4.74 Å². The van der Waals surface area contributed by atoms with Crippen LogP contribution in [-0.2, 0) is 4.74 Å². The Morgan fingerprint density at radius 1 is 1.19 bits per heavy atom. The first-order chi connectivity index (χ1) is 9.83. The minimum absolute atomic E-state index is 0.246. The molecule has 0 radical (unpaired) electrons. The molecule has 1 aromatic heterocycles. The van der Waals surface area contributed by atoms with E-state index in [1.54, 1.807) is 13.2 Å². The molecule has 21 heavy (non-hydrogen) atoms. The summed E-state index contributed by atoms with van der Waals surface area (Å²) in [5.41, 5.74) is 0.402. The third-order valence-corrected chi connectivity index (χ3v) is 2.56. The molecule has 0 aliphatic heterocycles. The fourth-order valence-corrected chi connectivity index (χ4v) is 1.62. The molecular weight excluding hydrogens is 270 g/mol. The molecule has 0 atom stereocenters. The lowest BCUT2D eigenvalue weighted by Crippen LogP contribution is -2.40. The number of pyridine rings is 1. The summed E-state index contributed by atoms with van der Waals surface area (Å²) in [6.07, 6.45) is 3.63. The minimum Gasteiger partial charge on any atom is -0.385 e. The van der Waals surface area contributed by atoms with Crippen molar-refractivity contribution in [2.24, 2.45) is 0 Å². The van der Waals surface area contributed by atoms with Crippen LogP contribution >= 0.6 is 0 Å². The third kappa shape index (κ3) is 6.35. The molecule has 2 amide bonds. The Morgan fingerprint density at radius 3 is 2.38 bits per heavy atom. The van der Waals surface area contributed by atoms with Gasteiger partial charge < -0.3 is 15.4 Å². The smallest absolute Gasteiger partial charge is 0.253 e. The van der Waals surface area contributed by atoms with E-state index in [0.717, 1.165) is 6.42 Å². The predicted molar refractivity (Wildman–Crippen MR) is 80.3 cm³/mol. The van der Waals surface area contributed by atoms with Gasteiger partial charge in [0.25, 0.3) is 11.8 Å². The molecule has 0 unspecified atom stereocenters. The number of rotatable bonds is 6. The number of nitrogens with one attached hydrogen (secondary N) is 2. The second-order valence-electron chi connectivity index (χ2n) is 5.77. The van der Waals surface area contributed by atoms with Crippen molar-refractivity contribution >= 4 is 11.8 Å². The van der Waals surface area contributed by atoms with Crippen LogP contribution in [0.3, 0.4) is 0 Å². The average molecular weight is 293 g/mol. The van der Waals surface area contributed by atoms with Crippen LogP contribution in [0.1, 0.15) is 47.9 Å². The number of nitrogens with zero attached hydrogens (tertiary/aromatic N) is 1. The van der Waals surface area contributed by atoms with E-state index >= 15 is 0 Å². The van der Waals surface area contributed by atoms with Gasteiger partial charge in [0.15, 0.2) is 0 Å². The second-order valence-corrected chi connectivity index (χ2v) is 5.77. The Bertz CT molecular complexity index is 495. The molecular formula is C15H23N3O3. The van der Waals surface area contributed by atoms with Crippen molar-refractivity contribution in [3.05, 3.63) is 29.6 Å². The second kappa shape index (κ2) is 7.73. The molecule has 2 N–H and O–H groups in total. The molecule has 6 nitrogen and oxygen atoms in total. The first-order valence-corrected chi connectivity index (χ1v) is 6.88. The number of carbonyl (C=O) groups excluding carboxylic acids is 2. The van der Waals surface area contributed by atoms with E-state index in [1.807, 2.05) is 20.8 Å². The highest BCUT2D eigenvalue weighted by molar-refractivity contribution is 5.99. The zero-order valence-corrected chi connectivity index (χ0v) is 13.0. The van der Waals surface area contributed by atoms with Gasteiger partial charge in [-0.2, -0.15) is 0 Å². The fourth-order valence-electron chi connectivity index (χ4n) is 1.62. The molecule has 0 bridgehead atoms. The number of carbonyl (C=O) groups is 2. The molecule has 0 aromatic carbocycles. The molecule has 1 rings (SSSR count). The maximum atomic E-state index is 12.0. The van der Waals surface area contributed by atoms with Crippen molar-refractivity contribution in [3.8, 4) is 0 Å². The molecule has 0 aliphatic carbocycles. The first-order valence-electron chi connectivity index (χ1n) is 6.88. The Balaban J connectivity index is 2.67. The summed E-state index contributed by atoms with van der Waals surface area (Å²) < 4.78 is 4.91. The fraction of sp³-hybridized carbons (Fsp3) is 0.533. The topological polar surface area (TPSA) is 80.3 Å². The van der Waals surface area contributed by atoms with E-state index in [9.17, 15) is 9.59 Å². The maximum absolute atomic E-state index is 12.0. The predicted octanol–water partition coefficient (Wildman–Crippen LogP) is 1.38. The summed E-state index contributed by atoms with van der Waals surface area (Å²) in [4.78, 5) is 27.9. The highest BCUT2D eigenvalue weighted by Crippen LogP contribution is 2.06. The van der Waals surface area contributed by atoms with E-state index in [1.165, 1.54) is 12.4 Å². The lowest BCUT2D eigenvalue weighted by atomic mass is 10.1. The molecule has 1 heterocycles. The van der Waals surface area contributed by atoms with Gasteiger partial charge in [-0.05, 0) is 33.3 Å². The lowest BCUT2D eigenvalue weighted by Gasteiger charge is -2.20. The summed E-state index contributed by atoms with van der Waals surface area (Å²) in [6.45, 7) is 6.79. The van der Waals surface area contributed by atoms with Crippen molar-refractivity contribution in [1.82, 2.24) is 15.6 Å². The molecule has 116 valence electrons. The number of ether oxygens (including phenoxy) is 1. The van der Waals surface area contributed by atoms with Crippen molar-refractivity contribution < 1.29 is 14.3 Å². The zero-order valence-electron chi connectivity index (χ0n) is 13.0. The van der Waals surface area contributed by atoms with Crippen molar-refractivity contribution in [3.63, 3.8) is 0 Å². The highest BCUT2D eigenvalue weighted by Gasteiger charge is 2.16. The minimum atomic E-state index is -0.338. The summed E-state index contributed by atoms with van der Waals surface area (Å²) in [7, 11) is 1.61. The monoisotopic (exact) mass is 293 g/mol. The third-order valence-electron chi connectivity index (χ3n) is 2.56. The SMILES string of the molecule is COCCCNC(=O)c1cncc(C(=O)NC(C)(C)C)c1. The Morgan fingerprint density at radius 2 is 1.81 bits per heavy atom. The number of hydrogen-bond donors (Lipinski definition) is 2. The normalized spacial score (nSPS) is 11.0. The van der Waals surface area contributed by atoms with Crippen LogP contribution in [0.5, 0.6) is 0 Å². The van der Waals surface area contributed by atoms with Gasteiger partial charge >= 0.3 is 0 Å². The van der Waals surface area contributed by atoms with Gasteiger partial charge in [-0.25, -0.2) is 0 Å². The number of aromatic nitrogens is 1. The largest absolute Gasteiger partial charge is 0.385 e. The van der Waals surface area contributed by atoms with Crippen LogP contribution in [0.25, 0.3) is 0 Å². The van der Waals surface area contributed by atoms with Crippen LogP contribution in [0.15, 0.2) is 18.5 Å². The van der Waals surface area contributed by atoms with Gasteiger partial charge in [0.05, 0.1) is 11.1 Å². The van der Waals surface area contributed by atoms with Gasteiger partial charge in [-0.3, -0.25) is 14.6 Å². The van der Waals surface area contributed by atoms with Crippen LogP contribution in [0.2, 0.25) is 0 Å². The molecule has 0 saturated carbocycles. The van der Waals surface area contributed by atoms with Crippen molar-refractivity contribution in [2.45, 2.75) is 32.7 Å². The maximum Gasteiger partial charge on any atom is 0.253 e. The summed E-state index contributed by atoms with van der Waals surface area (Å²) in [5.74, 6) is -0.493. The van der Waals surface area contributed by atoms with E-state index in [2.05, 4.69) is 15.6 Å². The van der Waals surface area contributed by atoms with Crippen LogP contribution in [-0.4, -0.2) is 42.6 Å². The Labute approximate surface area is 125 Å². The van der Waals surface area contributed by atoms with E-state index in [0.29, 0.717) is 24.3 Å². The number of amides is 2. The van der Waals surface area contributed by atoms with Gasteiger partial charge in [0.2, 0.25) is 0 Å². The van der Waals surface area contributed by atoms with Crippen molar-refractivity contribution in [2.75, 3.05) is 20.3 Å². The van der Waals surface area contributed by atoms with Crippen LogP contribution < -0.4 is 10.6 Å². The number of hydrogen-bond acceptors (Lipinski definition) is 4. The van der Waals surface area contributed by atoms with Crippen LogP contribution in [0, 0.1) is 0 Å². The first kappa shape index (κ1) is 17.1. The van der Waals surface area contributed by atoms with Crippen molar-refractivity contribution in [1.29, 1.82) is 0 Å². The molecule has 0 aliphatic rings. The summed E-state index contributed by atoms with van der Waals surface area (Å²) in [6, 6.07) is 1.54. The number of methoxy groups -OCH3 is 1. The zero-order chi connectivity index (χ0) is 15.9. The molecule has 0 fully saturated rings. The van der Waals surface area contributed by atoms with E-state index < -0.39 is 0 Å². The van der Waals surface area contributed by atoms with E-state index in [-0.39, 0.29) is 17.4 Å². The molecule has 0 saturated heterocycles. The van der Waals surface area contributed by atoms with Gasteiger partial charge in [0, 0.05) is 38.2 Å². The summed E-state index contributed by atoms with van der Waals surface area (Å²) in [5, 5.41) is 5.59. The Hall–Kier alpha value is -1.95. The molecule has 6 heteroatoms. The quantitative estimate of drug-likeness (QED) is 0.776. The lowest BCUT2D eigenvalue weighted by molar-refractivity contribution is 0.0919. The highest BCUT2D eigenvalue weighted by atomic mass is 16.5. The standard InChI is InChI=1S/C15H23N3O3/c1-15(2,3)18-14(20)12-8-11(9-16-10-12)13(19)17-6-5-7-21-4/h8-10H,5-7H2,1-4H3,(H,17,19)(H,18,20). The van der Waals surface area contributed by atoms with Gasteiger partial charge in [0.1, 0.15) is 0 Å². The molecule has 1 aromatic rings. The molecule has 0 spiro atoms. The van der Waals surface area contributed by atoms with Gasteiger partial charge in [-0.15, -0.1) is 0 Å². The van der Waals surface area contributed by atoms with Crippen LogP contribution in [0.4, 0.5) is 0 Å².